The Morgan fingerprint density at radius 3 is 2.93 bits per heavy atom. The third-order valence-electron chi connectivity index (χ3n) is 5.44. The van der Waals surface area contributed by atoms with E-state index in [9.17, 15) is 4.79 Å². The number of hydrogen-bond acceptors (Lipinski definition) is 4. The topological polar surface area (TPSA) is 39.3 Å². The average molecular weight is 427 g/mol. The number of hydrogen-bond donors (Lipinski definition) is 1. The number of quaternary nitrogens is 1. The lowest BCUT2D eigenvalue weighted by Gasteiger charge is -2.24. The minimum absolute atomic E-state index is 0.109. The van der Waals surface area contributed by atoms with Crippen LogP contribution in [0.3, 0.4) is 0 Å². The van der Waals surface area contributed by atoms with Crippen molar-refractivity contribution >= 4 is 33.3 Å². The average Bonchev–Trinajstić information content (AvgIpc) is 3.09. The molecule has 1 unspecified atom stereocenters. The van der Waals surface area contributed by atoms with Crippen molar-refractivity contribution in [1.82, 2.24) is 9.55 Å². The molecule has 1 aliphatic rings. The van der Waals surface area contributed by atoms with Gasteiger partial charge in [-0.3, -0.25) is 9.36 Å². The molecule has 152 valence electrons. The van der Waals surface area contributed by atoms with Gasteiger partial charge in [-0.1, -0.05) is 61.5 Å². The van der Waals surface area contributed by atoms with E-state index in [0.717, 1.165) is 60.0 Å². The number of thiophene rings is 1. The molecule has 4 nitrogen and oxygen atoms in total. The van der Waals surface area contributed by atoms with Gasteiger partial charge in [0.1, 0.15) is 17.9 Å². The van der Waals surface area contributed by atoms with Gasteiger partial charge in [-0.25, -0.2) is 4.98 Å². The van der Waals surface area contributed by atoms with Gasteiger partial charge in [0.05, 0.1) is 16.8 Å². The van der Waals surface area contributed by atoms with Crippen molar-refractivity contribution in [2.45, 2.75) is 51.0 Å². The number of fused-ring (bicyclic) bond motifs is 3. The predicted octanol–water partition coefficient (Wildman–Crippen LogP) is 3.68. The first-order chi connectivity index (χ1) is 14.2. The lowest BCUT2D eigenvalue weighted by Crippen LogP contribution is -3.10. The first kappa shape index (κ1) is 20.4. The fourth-order valence-corrected chi connectivity index (χ4v) is 6.36. The van der Waals surface area contributed by atoms with E-state index < -0.39 is 0 Å². The molecule has 0 radical (unpaired) electrons. The summed E-state index contributed by atoms with van der Waals surface area (Å²) in [6.45, 7) is 9.61. The fraction of sp³-hybridized carbons (Fsp3) is 0.391. The zero-order valence-electron chi connectivity index (χ0n) is 16.9. The Morgan fingerprint density at radius 2 is 2.17 bits per heavy atom. The maximum absolute atomic E-state index is 13.3. The number of unbranched alkanes of at least 4 members (excludes halogenated alkanes) is 1. The summed E-state index contributed by atoms with van der Waals surface area (Å²) < 4.78 is 1.81. The van der Waals surface area contributed by atoms with E-state index in [0.29, 0.717) is 6.54 Å². The number of nitrogens with zero attached hydrogens (tertiary/aromatic N) is 2. The van der Waals surface area contributed by atoms with E-state index in [1.807, 2.05) is 4.57 Å². The third kappa shape index (κ3) is 4.34. The first-order valence-electron chi connectivity index (χ1n) is 10.4. The lowest BCUT2D eigenvalue weighted by atomic mass is 10.0. The molecule has 0 fully saturated rings. The third-order valence-corrected chi connectivity index (χ3v) is 7.62. The molecular formula is C23H28N3OS2+. The van der Waals surface area contributed by atoms with Gasteiger partial charge in [-0.15, -0.1) is 17.9 Å². The summed E-state index contributed by atoms with van der Waals surface area (Å²) in [6, 6.07) is 10.7. The quantitative estimate of drug-likeness (QED) is 0.259. The zero-order valence-corrected chi connectivity index (χ0v) is 18.6. The molecular weight excluding hydrogens is 398 g/mol. The Labute approximate surface area is 180 Å². The van der Waals surface area contributed by atoms with Gasteiger partial charge in [0.2, 0.25) is 0 Å². The molecule has 3 heterocycles. The van der Waals surface area contributed by atoms with Crippen LogP contribution in [0.1, 0.15) is 35.8 Å². The largest absolute Gasteiger partial charge is 0.326 e. The summed E-state index contributed by atoms with van der Waals surface area (Å²) in [5.41, 5.74) is 2.72. The SMILES string of the molecule is C=CCn1c(SCCCC)nc2sc3c(c2c1=O)CC[NH+](Cc1ccccc1)C3. The number of thioether (sulfide) groups is 1. The Kier molecular flexibility index (Phi) is 6.53. The molecule has 1 atom stereocenters. The van der Waals surface area contributed by atoms with Gasteiger partial charge in [-0.05, 0) is 12.0 Å². The van der Waals surface area contributed by atoms with Crippen LogP contribution in [0.2, 0.25) is 0 Å². The summed E-state index contributed by atoms with van der Waals surface area (Å²) in [5, 5.41) is 1.69. The van der Waals surface area contributed by atoms with E-state index in [4.69, 9.17) is 4.98 Å². The monoisotopic (exact) mass is 426 g/mol. The van der Waals surface area contributed by atoms with E-state index in [1.54, 1.807) is 34.1 Å². The van der Waals surface area contributed by atoms with Crippen molar-refractivity contribution in [1.29, 1.82) is 0 Å². The van der Waals surface area contributed by atoms with E-state index in [1.165, 1.54) is 16.0 Å². The molecule has 3 aromatic rings. The van der Waals surface area contributed by atoms with Crippen LogP contribution < -0.4 is 10.5 Å². The molecule has 1 aromatic carbocycles. The minimum Gasteiger partial charge on any atom is -0.326 e. The van der Waals surface area contributed by atoms with E-state index in [-0.39, 0.29) is 5.56 Å². The Hall–Kier alpha value is -1.89. The van der Waals surface area contributed by atoms with Crippen molar-refractivity contribution in [2.24, 2.45) is 0 Å². The second-order valence-electron chi connectivity index (χ2n) is 7.57. The highest BCUT2D eigenvalue weighted by molar-refractivity contribution is 7.99. The van der Waals surface area contributed by atoms with Gasteiger partial charge >= 0.3 is 0 Å². The molecule has 1 N–H and O–H groups in total. The molecule has 0 amide bonds. The second-order valence-corrected chi connectivity index (χ2v) is 9.72. The Morgan fingerprint density at radius 1 is 1.34 bits per heavy atom. The molecule has 0 spiro atoms. The van der Waals surface area contributed by atoms with Crippen LogP contribution in [0, 0.1) is 0 Å². The van der Waals surface area contributed by atoms with Crippen LogP contribution in [0.25, 0.3) is 10.2 Å². The molecule has 0 saturated carbocycles. The summed E-state index contributed by atoms with van der Waals surface area (Å²) in [7, 11) is 0. The normalized spacial score (nSPS) is 16.1. The van der Waals surface area contributed by atoms with Crippen molar-refractivity contribution in [3.8, 4) is 0 Å². The summed E-state index contributed by atoms with van der Waals surface area (Å²) in [5.74, 6) is 0.992. The van der Waals surface area contributed by atoms with E-state index in [2.05, 4.69) is 43.8 Å². The number of rotatable bonds is 8. The molecule has 6 heteroatoms. The molecule has 0 bridgehead atoms. The molecule has 1 aliphatic heterocycles. The summed E-state index contributed by atoms with van der Waals surface area (Å²) >= 11 is 3.42. The van der Waals surface area contributed by atoms with Crippen LogP contribution in [-0.4, -0.2) is 21.8 Å². The molecule has 2 aromatic heterocycles. The highest BCUT2D eigenvalue weighted by atomic mass is 32.2. The van der Waals surface area contributed by atoms with Crippen molar-refractivity contribution in [3.63, 3.8) is 0 Å². The number of nitrogens with one attached hydrogen (secondary N) is 1. The van der Waals surface area contributed by atoms with Gasteiger partial charge in [0.15, 0.2) is 5.16 Å². The van der Waals surface area contributed by atoms with Crippen LogP contribution in [0.4, 0.5) is 0 Å². The summed E-state index contributed by atoms with van der Waals surface area (Å²) in [6.07, 6.45) is 5.02. The molecule has 4 rings (SSSR count). The molecule has 0 saturated heterocycles. The van der Waals surface area contributed by atoms with Gasteiger partial charge < -0.3 is 4.90 Å². The lowest BCUT2D eigenvalue weighted by molar-refractivity contribution is -0.929. The highest BCUT2D eigenvalue weighted by Gasteiger charge is 2.27. The number of aromatic nitrogens is 2. The standard InChI is InChI=1S/C23H27N3OS2/c1-3-5-14-28-23-24-21-20(22(27)26(23)12-4-2)18-11-13-25(16-19(18)29-21)15-17-9-7-6-8-10-17/h4,6-10H,2-3,5,11-16H2,1H3/p+1. The van der Waals surface area contributed by atoms with Crippen LogP contribution in [0.15, 0.2) is 52.9 Å². The predicted molar refractivity (Wildman–Crippen MR) is 123 cm³/mol. The Bertz CT molecular complexity index is 1060. The van der Waals surface area contributed by atoms with Crippen LogP contribution >= 0.6 is 23.1 Å². The molecule has 29 heavy (non-hydrogen) atoms. The first-order valence-corrected chi connectivity index (χ1v) is 12.2. The van der Waals surface area contributed by atoms with Crippen LogP contribution in [0.5, 0.6) is 0 Å². The zero-order chi connectivity index (χ0) is 20.2. The summed E-state index contributed by atoms with van der Waals surface area (Å²) in [4.78, 5) is 22.1. The number of benzene rings is 1. The van der Waals surface area contributed by atoms with Crippen molar-refractivity contribution < 1.29 is 4.90 Å². The Balaban J connectivity index is 1.66. The molecule has 0 aliphatic carbocycles. The van der Waals surface area contributed by atoms with E-state index >= 15 is 0 Å². The maximum atomic E-state index is 13.3. The number of allylic oxidation sites excluding steroid dienone is 1. The van der Waals surface area contributed by atoms with Crippen LogP contribution in [-0.2, 0) is 26.1 Å². The van der Waals surface area contributed by atoms with Gasteiger partial charge in [-0.2, -0.15) is 0 Å². The second kappa shape index (κ2) is 9.28. The minimum atomic E-state index is 0.109. The smallest absolute Gasteiger partial charge is 0.263 e. The highest BCUT2D eigenvalue weighted by Crippen LogP contribution is 2.31. The van der Waals surface area contributed by atoms with Gasteiger partial charge in [0, 0.05) is 24.3 Å². The fourth-order valence-electron chi connectivity index (χ4n) is 3.93. The maximum Gasteiger partial charge on any atom is 0.263 e. The van der Waals surface area contributed by atoms with Crippen molar-refractivity contribution in [3.05, 3.63) is 69.3 Å². The van der Waals surface area contributed by atoms with Crippen molar-refractivity contribution in [2.75, 3.05) is 12.3 Å². The van der Waals surface area contributed by atoms with Gasteiger partial charge in [0.25, 0.3) is 5.56 Å².